The molecule has 1 aromatic rings. The molecule has 1 aromatic carbocycles. The van der Waals surface area contributed by atoms with Gasteiger partial charge in [0, 0.05) is 51.9 Å². The third-order valence-corrected chi connectivity index (χ3v) is 8.96. The van der Waals surface area contributed by atoms with Crippen LogP contribution < -0.4 is 5.73 Å². The molecular weight excluding hydrogens is 470 g/mol. The molecule has 2 saturated heterocycles. The minimum Gasteiger partial charge on any atom is -0.385 e. The molecule has 1 saturated carbocycles. The summed E-state index contributed by atoms with van der Waals surface area (Å²) in [6, 6.07) is 10.2. The quantitative estimate of drug-likeness (QED) is 0.485. The van der Waals surface area contributed by atoms with Crippen LogP contribution in [0, 0.1) is 0 Å². The van der Waals surface area contributed by atoms with Crippen molar-refractivity contribution in [3.05, 3.63) is 35.9 Å². The molecule has 0 unspecified atom stereocenters. The number of likely N-dealkylation sites (tertiary alicyclic amines) is 1. The zero-order chi connectivity index (χ0) is 26.6. The normalized spacial score (nSPS) is 28.1. The maximum Gasteiger partial charge on any atom is 0.320 e. The van der Waals surface area contributed by atoms with E-state index in [1.54, 1.807) is 12.0 Å². The summed E-state index contributed by atoms with van der Waals surface area (Å²) in [4.78, 5) is 46.2. The van der Waals surface area contributed by atoms with Crippen molar-refractivity contribution < 1.29 is 19.1 Å². The highest BCUT2D eigenvalue weighted by Gasteiger charge is 2.54. The molecule has 37 heavy (non-hydrogen) atoms. The van der Waals surface area contributed by atoms with E-state index in [1.165, 1.54) is 5.56 Å². The van der Waals surface area contributed by atoms with Crippen molar-refractivity contribution in [2.75, 3.05) is 54.0 Å². The van der Waals surface area contributed by atoms with Crippen LogP contribution in [0.3, 0.4) is 0 Å². The molecule has 204 valence electrons. The van der Waals surface area contributed by atoms with E-state index in [0.29, 0.717) is 39.2 Å². The van der Waals surface area contributed by atoms with E-state index in [4.69, 9.17) is 10.5 Å². The number of hydrogen-bond acceptors (Lipinski definition) is 5. The number of amides is 4. The van der Waals surface area contributed by atoms with Gasteiger partial charge in [-0.25, -0.2) is 4.79 Å². The highest BCUT2D eigenvalue weighted by Crippen LogP contribution is 2.49. The molecule has 2 heterocycles. The maximum atomic E-state index is 13.6. The summed E-state index contributed by atoms with van der Waals surface area (Å²) < 4.78 is 5.28. The van der Waals surface area contributed by atoms with Crippen molar-refractivity contribution in [1.82, 2.24) is 19.6 Å². The van der Waals surface area contributed by atoms with Crippen molar-refractivity contribution in [3.63, 3.8) is 0 Å². The van der Waals surface area contributed by atoms with Gasteiger partial charge in [-0.05, 0) is 64.6 Å². The number of hydrogen-bond donors (Lipinski definition) is 1. The summed E-state index contributed by atoms with van der Waals surface area (Å²) in [6.45, 7) is 2.80. The van der Waals surface area contributed by atoms with Crippen LogP contribution in [0.5, 0.6) is 0 Å². The van der Waals surface area contributed by atoms with Crippen LogP contribution in [0.2, 0.25) is 0 Å². The SMILES string of the molecule is COCCCN1C(=O)N(CCC(=O)N2CCC[C@@H]2C(N)=O)C[C@]12CC[C@](c1ccccc1)(N(C)C)CC2. The van der Waals surface area contributed by atoms with Crippen LogP contribution in [0.4, 0.5) is 4.79 Å². The Morgan fingerprint density at radius 2 is 1.81 bits per heavy atom. The topological polar surface area (TPSA) is 99.4 Å². The molecule has 1 spiro atoms. The number of primary amides is 1. The van der Waals surface area contributed by atoms with Crippen molar-refractivity contribution in [3.8, 4) is 0 Å². The highest BCUT2D eigenvalue weighted by molar-refractivity contribution is 5.87. The van der Waals surface area contributed by atoms with Gasteiger partial charge in [0.05, 0.1) is 5.54 Å². The lowest BCUT2D eigenvalue weighted by molar-refractivity contribution is -0.137. The smallest absolute Gasteiger partial charge is 0.320 e. The highest BCUT2D eigenvalue weighted by atomic mass is 16.5. The first-order valence-electron chi connectivity index (χ1n) is 13.6. The summed E-state index contributed by atoms with van der Waals surface area (Å²) in [6.07, 6.45) is 6.12. The number of rotatable bonds is 10. The van der Waals surface area contributed by atoms with Gasteiger partial charge in [0.2, 0.25) is 11.8 Å². The standard InChI is InChI=1S/C28H43N5O4/c1-30(2)28(22-9-5-4-6-10-22)15-13-27(14-16-28)21-31(26(36)33(27)18-8-20-37-3)19-12-24(34)32-17-7-11-23(32)25(29)35/h4-6,9-10,23H,7-8,11-21H2,1-3H3,(H2,29,35)/t23-,27-,28+/m1/s1. The third kappa shape index (κ3) is 5.34. The fraction of sp³-hybridized carbons (Fsp3) is 0.679. The fourth-order valence-corrected chi connectivity index (χ4v) is 6.79. The summed E-state index contributed by atoms with van der Waals surface area (Å²) in [5, 5.41) is 0. The van der Waals surface area contributed by atoms with Gasteiger partial charge in [-0.15, -0.1) is 0 Å². The zero-order valence-electron chi connectivity index (χ0n) is 22.7. The fourth-order valence-electron chi connectivity index (χ4n) is 6.79. The molecule has 0 radical (unpaired) electrons. The molecule has 2 N–H and O–H groups in total. The van der Waals surface area contributed by atoms with E-state index in [9.17, 15) is 14.4 Å². The second kappa shape index (κ2) is 11.4. The molecule has 4 amide bonds. The molecule has 4 rings (SSSR count). The minimum absolute atomic E-state index is 0.00819. The Labute approximate surface area is 220 Å². The Morgan fingerprint density at radius 1 is 1.11 bits per heavy atom. The van der Waals surface area contributed by atoms with Crippen molar-refractivity contribution in [2.24, 2.45) is 5.73 Å². The van der Waals surface area contributed by atoms with E-state index in [-0.39, 0.29) is 29.4 Å². The number of carbonyl (C=O) groups is 3. The minimum atomic E-state index is -0.519. The summed E-state index contributed by atoms with van der Waals surface area (Å²) >= 11 is 0. The van der Waals surface area contributed by atoms with Crippen molar-refractivity contribution >= 4 is 17.8 Å². The first-order chi connectivity index (χ1) is 17.7. The first kappa shape index (κ1) is 27.4. The van der Waals surface area contributed by atoms with Gasteiger partial charge >= 0.3 is 6.03 Å². The third-order valence-electron chi connectivity index (χ3n) is 8.96. The molecule has 1 atom stereocenters. The molecule has 9 heteroatoms. The summed E-state index contributed by atoms with van der Waals surface area (Å²) in [5.74, 6) is -0.545. The molecule has 2 aliphatic heterocycles. The van der Waals surface area contributed by atoms with Crippen LogP contribution in [0.1, 0.15) is 56.9 Å². The van der Waals surface area contributed by atoms with E-state index in [0.717, 1.165) is 38.5 Å². The second-order valence-corrected chi connectivity index (χ2v) is 11.1. The first-order valence-corrected chi connectivity index (χ1v) is 13.6. The number of urea groups is 1. The molecule has 3 fully saturated rings. The molecule has 0 bridgehead atoms. The summed E-state index contributed by atoms with van der Waals surface area (Å²) in [7, 11) is 5.98. The van der Waals surface area contributed by atoms with Crippen LogP contribution in [0.15, 0.2) is 30.3 Å². The van der Waals surface area contributed by atoms with Crippen LogP contribution >= 0.6 is 0 Å². The number of nitrogens with zero attached hydrogens (tertiary/aromatic N) is 4. The predicted octanol–water partition coefficient (Wildman–Crippen LogP) is 2.40. The maximum absolute atomic E-state index is 13.6. The Kier molecular flexibility index (Phi) is 8.43. The Bertz CT molecular complexity index is 961. The van der Waals surface area contributed by atoms with Gasteiger partial charge in [-0.3, -0.25) is 14.5 Å². The van der Waals surface area contributed by atoms with Gasteiger partial charge in [-0.2, -0.15) is 0 Å². The van der Waals surface area contributed by atoms with E-state index >= 15 is 0 Å². The number of benzene rings is 1. The number of methoxy groups -OCH3 is 1. The second-order valence-electron chi connectivity index (χ2n) is 11.1. The predicted molar refractivity (Wildman–Crippen MR) is 142 cm³/mol. The molecule has 9 nitrogen and oxygen atoms in total. The molecular formula is C28H43N5O4. The van der Waals surface area contributed by atoms with Crippen LogP contribution in [0.25, 0.3) is 0 Å². The van der Waals surface area contributed by atoms with E-state index < -0.39 is 11.9 Å². The van der Waals surface area contributed by atoms with Crippen LogP contribution in [-0.2, 0) is 19.9 Å². The van der Waals surface area contributed by atoms with Gasteiger partial charge in [0.15, 0.2) is 0 Å². The average Bonchev–Trinajstić information content (AvgIpc) is 3.48. The van der Waals surface area contributed by atoms with Crippen molar-refractivity contribution in [1.29, 1.82) is 0 Å². The van der Waals surface area contributed by atoms with Gasteiger partial charge in [0.25, 0.3) is 0 Å². The number of carbonyl (C=O) groups excluding carboxylic acids is 3. The lowest BCUT2D eigenvalue weighted by Crippen LogP contribution is -2.55. The monoisotopic (exact) mass is 513 g/mol. The lowest BCUT2D eigenvalue weighted by atomic mass is 9.68. The summed E-state index contributed by atoms with van der Waals surface area (Å²) in [5.41, 5.74) is 6.52. The molecule has 3 aliphatic rings. The largest absolute Gasteiger partial charge is 0.385 e. The van der Waals surface area contributed by atoms with Gasteiger partial charge in [0.1, 0.15) is 6.04 Å². The van der Waals surface area contributed by atoms with E-state index in [1.807, 2.05) is 4.90 Å². The zero-order valence-corrected chi connectivity index (χ0v) is 22.7. The lowest BCUT2D eigenvalue weighted by Gasteiger charge is -2.51. The molecule has 1 aliphatic carbocycles. The van der Waals surface area contributed by atoms with Gasteiger partial charge in [-0.1, -0.05) is 30.3 Å². The van der Waals surface area contributed by atoms with Crippen LogP contribution in [-0.4, -0.2) is 103 Å². The Morgan fingerprint density at radius 3 is 2.43 bits per heavy atom. The Balaban J connectivity index is 1.48. The van der Waals surface area contributed by atoms with E-state index in [2.05, 4.69) is 54.2 Å². The van der Waals surface area contributed by atoms with Gasteiger partial charge < -0.3 is 25.2 Å². The van der Waals surface area contributed by atoms with Crippen molar-refractivity contribution in [2.45, 2.75) is 68.5 Å². The number of ether oxygens (including phenoxy) is 1. The molecule has 0 aromatic heterocycles. The number of nitrogens with two attached hydrogens (primary N) is 1. The Hall–Kier alpha value is -2.65. The average molecular weight is 514 g/mol.